The van der Waals surface area contributed by atoms with Crippen LogP contribution in [0.25, 0.3) is 0 Å². The first-order valence-corrected chi connectivity index (χ1v) is 6.77. The number of hydrogen-bond donors (Lipinski definition) is 1. The third-order valence-corrected chi connectivity index (χ3v) is 4.16. The molecule has 0 aliphatic heterocycles. The average Bonchev–Trinajstić information content (AvgIpc) is 3.07. The largest absolute Gasteiger partial charge is 0.496 e. The third-order valence-electron chi connectivity index (χ3n) is 4.16. The lowest BCUT2D eigenvalue weighted by Gasteiger charge is -2.12. The second kappa shape index (κ2) is 5.03. The molecule has 2 saturated carbocycles. The fourth-order valence-corrected chi connectivity index (χ4v) is 3.18. The number of nitrogens with zero attached hydrogens (tertiary/aromatic N) is 1. The van der Waals surface area contributed by atoms with E-state index in [-0.39, 0.29) is 5.91 Å². The Morgan fingerprint density at radius 1 is 1.37 bits per heavy atom. The summed E-state index contributed by atoms with van der Waals surface area (Å²) in [5, 5.41) is 4.32. The van der Waals surface area contributed by atoms with Crippen molar-refractivity contribution < 1.29 is 9.53 Å². The van der Waals surface area contributed by atoms with Gasteiger partial charge in [-0.25, -0.2) is 5.43 Å². The highest BCUT2D eigenvalue weighted by Crippen LogP contribution is 2.42. The van der Waals surface area contributed by atoms with Crippen molar-refractivity contribution in [2.24, 2.45) is 16.9 Å². The molecule has 1 N–H and O–H groups in total. The number of carbonyl (C=O) groups is 1. The maximum absolute atomic E-state index is 12.1. The molecular formula is C15H18N2O2. The topological polar surface area (TPSA) is 50.7 Å². The van der Waals surface area contributed by atoms with E-state index in [1.165, 1.54) is 25.0 Å². The van der Waals surface area contributed by atoms with Crippen LogP contribution in [0.4, 0.5) is 0 Å². The molecule has 1 amide bonds. The lowest BCUT2D eigenvalue weighted by atomic mass is 9.99. The molecule has 19 heavy (non-hydrogen) atoms. The number of rotatable bonds is 3. The Morgan fingerprint density at radius 2 is 2.21 bits per heavy atom. The van der Waals surface area contributed by atoms with Crippen molar-refractivity contribution in [1.29, 1.82) is 0 Å². The quantitative estimate of drug-likeness (QED) is 0.847. The van der Waals surface area contributed by atoms with Gasteiger partial charge < -0.3 is 4.74 Å². The van der Waals surface area contributed by atoms with Crippen LogP contribution in [-0.4, -0.2) is 18.7 Å². The predicted molar refractivity (Wildman–Crippen MR) is 73.3 cm³/mol. The molecule has 4 nitrogen and oxygen atoms in total. The number of amides is 1. The lowest BCUT2D eigenvalue weighted by molar-refractivity contribution is 0.0951. The Labute approximate surface area is 112 Å². The van der Waals surface area contributed by atoms with Gasteiger partial charge in [-0.1, -0.05) is 12.1 Å². The summed E-state index contributed by atoms with van der Waals surface area (Å²) >= 11 is 0. The predicted octanol–water partition coefficient (Wildman–Crippen LogP) is 2.60. The highest BCUT2D eigenvalue weighted by Gasteiger charge is 2.36. The molecule has 2 bridgehead atoms. The van der Waals surface area contributed by atoms with E-state index in [2.05, 4.69) is 10.5 Å². The van der Waals surface area contributed by atoms with Crippen LogP contribution in [0.15, 0.2) is 29.4 Å². The Morgan fingerprint density at radius 3 is 2.89 bits per heavy atom. The summed E-state index contributed by atoms with van der Waals surface area (Å²) in [6.45, 7) is 0. The van der Waals surface area contributed by atoms with Gasteiger partial charge in [0.15, 0.2) is 0 Å². The third kappa shape index (κ3) is 2.35. The van der Waals surface area contributed by atoms with E-state index in [9.17, 15) is 4.79 Å². The van der Waals surface area contributed by atoms with Gasteiger partial charge in [-0.15, -0.1) is 0 Å². The van der Waals surface area contributed by atoms with Crippen molar-refractivity contribution in [2.45, 2.75) is 25.7 Å². The first kappa shape index (κ1) is 12.2. The van der Waals surface area contributed by atoms with Crippen molar-refractivity contribution in [3.63, 3.8) is 0 Å². The van der Waals surface area contributed by atoms with Crippen LogP contribution in [0.2, 0.25) is 0 Å². The normalized spacial score (nSPS) is 26.7. The summed E-state index contributed by atoms with van der Waals surface area (Å²) in [4.78, 5) is 12.1. The van der Waals surface area contributed by atoms with Gasteiger partial charge in [-0.2, -0.15) is 5.10 Å². The van der Waals surface area contributed by atoms with Crippen molar-refractivity contribution in [3.05, 3.63) is 29.8 Å². The molecule has 2 aliphatic carbocycles. The Bertz CT molecular complexity index is 525. The second-order valence-electron chi connectivity index (χ2n) is 5.32. The van der Waals surface area contributed by atoms with Gasteiger partial charge in [0.25, 0.3) is 5.91 Å². The Kier molecular flexibility index (Phi) is 3.23. The summed E-state index contributed by atoms with van der Waals surface area (Å²) in [5.74, 6) is 1.77. The maximum atomic E-state index is 12.1. The number of carbonyl (C=O) groups excluding carboxylic acids is 1. The van der Waals surface area contributed by atoms with Crippen molar-refractivity contribution in [1.82, 2.24) is 5.43 Å². The molecule has 0 saturated heterocycles. The number of hydrogen-bond acceptors (Lipinski definition) is 3. The number of para-hydroxylation sites is 1. The van der Waals surface area contributed by atoms with Crippen LogP contribution >= 0.6 is 0 Å². The van der Waals surface area contributed by atoms with Crippen molar-refractivity contribution in [3.8, 4) is 5.75 Å². The van der Waals surface area contributed by atoms with Crippen LogP contribution in [0, 0.1) is 11.8 Å². The minimum Gasteiger partial charge on any atom is -0.496 e. The van der Waals surface area contributed by atoms with E-state index >= 15 is 0 Å². The number of ether oxygens (including phenoxy) is 1. The zero-order valence-corrected chi connectivity index (χ0v) is 11.1. The van der Waals surface area contributed by atoms with E-state index in [0.29, 0.717) is 17.2 Å². The smallest absolute Gasteiger partial charge is 0.275 e. The molecule has 3 rings (SSSR count). The standard InChI is InChI=1S/C15H18N2O2/c1-19-14-5-3-2-4-12(14)15(18)17-16-13-9-10-6-7-11(13)8-10/h2-5,10-11H,6-9H2,1H3,(H,17,18)/b16-13-. The molecule has 2 unspecified atom stereocenters. The fraction of sp³-hybridized carbons (Fsp3) is 0.467. The monoisotopic (exact) mass is 258 g/mol. The first-order valence-electron chi connectivity index (χ1n) is 6.77. The highest BCUT2D eigenvalue weighted by atomic mass is 16.5. The van der Waals surface area contributed by atoms with E-state index in [0.717, 1.165) is 12.3 Å². The molecule has 1 aromatic rings. The molecule has 2 atom stereocenters. The number of benzene rings is 1. The SMILES string of the molecule is COc1ccccc1C(=O)N/N=C1/CC2CCC1C2. The molecule has 2 fully saturated rings. The van der Waals surface area contributed by atoms with Crippen LogP contribution in [0.1, 0.15) is 36.0 Å². The van der Waals surface area contributed by atoms with Gasteiger partial charge >= 0.3 is 0 Å². The molecule has 0 heterocycles. The minimum absolute atomic E-state index is 0.201. The van der Waals surface area contributed by atoms with Gasteiger partial charge in [0.1, 0.15) is 5.75 Å². The van der Waals surface area contributed by atoms with E-state index in [1.807, 2.05) is 12.1 Å². The number of fused-ring (bicyclic) bond motifs is 2. The molecule has 0 radical (unpaired) electrons. The summed E-state index contributed by atoms with van der Waals surface area (Å²) in [5.41, 5.74) is 4.36. The Hall–Kier alpha value is -1.84. The lowest BCUT2D eigenvalue weighted by Crippen LogP contribution is -2.22. The van der Waals surface area contributed by atoms with E-state index in [4.69, 9.17) is 4.74 Å². The van der Waals surface area contributed by atoms with Gasteiger partial charge in [-0.3, -0.25) is 4.79 Å². The fourth-order valence-electron chi connectivity index (χ4n) is 3.18. The van der Waals surface area contributed by atoms with Crippen molar-refractivity contribution >= 4 is 11.6 Å². The average molecular weight is 258 g/mol. The number of hydrazone groups is 1. The summed E-state index contributed by atoms with van der Waals surface area (Å²) < 4.78 is 5.18. The van der Waals surface area contributed by atoms with E-state index < -0.39 is 0 Å². The second-order valence-corrected chi connectivity index (χ2v) is 5.32. The summed E-state index contributed by atoms with van der Waals surface area (Å²) in [7, 11) is 1.56. The van der Waals surface area contributed by atoms with Crippen LogP contribution in [-0.2, 0) is 0 Å². The van der Waals surface area contributed by atoms with Gasteiger partial charge in [0.05, 0.1) is 12.7 Å². The molecule has 0 aromatic heterocycles. The number of methoxy groups -OCH3 is 1. The maximum Gasteiger partial charge on any atom is 0.275 e. The van der Waals surface area contributed by atoms with Gasteiger partial charge in [0.2, 0.25) is 0 Å². The zero-order chi connectivity index (χ0) is 13.2. The van der Waals surface area contributed by atoms with Crippen LogP contribution in [0.5, 0.6) is 5.75 Å². The van der Waals surface area contributed by atoms with Gasteiger partial charge in [-0.05, 0) is 49.7 Å². The van der Waals surface area contributed by atoms with Crippen LogP contribution < -0.4 is 10.2 Å². The van der Waals surface area contributed by atoms with E-state index in [1.54, 1.807) is 19.2 Å². The molecule has 1 aromatic carbocycles. The summed E-state index contributed by atoms with van der Waals surface area (Å²) in [6, 6.07) is 7.19. The zero-order valence-electron chi connectivity index (χ0n) is 11.1. The number of nitrogens with one attached hydrogen (secondary N) is 1. The first-order chi connectivity index (χ1) is 9.28. The molecule has 0 spiro atoms. The highest BCUT2D eigenvalue weighted by molar-refractivity contribution is 5.98. The Balaban J connectivity index is 1.70. The minimum atomic E-state index is -0.201. The summed E-state index contributed by atoms with van der Waals surface area (Å²) in [6.07, 6.45) is 4.86. The van der Waals surface area contributed by atoms with Crippen LogP contribution in [0.3, 0.4) is 0 Å². The molecular weight excluding hydrogens is 240 g/mol. The molecule has 4 heteroatoms. The molecule has 2 aliphatic rings. The van der Waals surface area contributed by atoms with Gasteiger partial charge in [0, 0.05) is 5.71 Å². The van der Waals surface area contributed by atoms with Crippen molar-refractivity contribution in [2.75, 3.05) is 7.11 Å². The molecule has 100 valence electrons.